The molecule has 0 aliphatic rings. The van der Waals surface area contributed by atoms with Crippen LogP contribution >= 0.6 is 0 Å². The first-order valence-electron chi connectivity index (χ1n) is 7.61. The molecule has 3 N–H and O–H groups in total. The molecule has 5 nitrogen and oxygen atoms in total. The van der Waals surface area contributed by atoms with E-state index in [1.54, 1.807) is 0 Å². The number of aryl methyl sites for hydroxylation is 1. The number of rotatable bonds is 9. The minimum atomic E-state index is -0.414. The van der Waals surface area contributed by atoms with Crippen LogP contribution < -0.4 is 10.6 Å². The van der Waals surface area contributed by atoms with E-state index in [1.807, 2.05) is 44.2 Å². The molecule has 0 atom stereocenters. The van der Waals surface area contributed by atoms with Crippen LogP contribution in [0.15, 0.2) is 30.3 Å². The van der Waals surface area contributed by atoms with Gasteiger partial charge in [0.05, 0.1) is 0 Å². The molecule has 0 aliphatic heterocycles. The average molecular weight is 306 g/mol. The zero-order valence-corrected chi connectivity index (χ0v) is 13.4. The molecule has 1 rings (SSSR count). The van der Waals surface area contributed by atoms with Crippen molar-refractivity contribution in [3.05, 3.63) is 35.9 Å². The Morgan fingerprint density at radius 1 is 1.05 bits per heavy atom. The Bertz CT molecular complexity index is 472. The molecule has 0 radical (unpaired) electrons. The number of carbonyl (C=O) groups excluding carboxylic acids is 2. The number of aliphatic hydroxyl groups excluding tert-OH is 1. The van der Waals surface area contributed by atoms with Crippen LogP contribution in [-0.2, 0) is 16.0 Å². The second-order valence-electron chi connectivity index (χ2n) is 6.18. The summed E-state index contributed by atoms with van der Waals surface area (Å²) < 4.78 is 0. The smallest absolute Gasteiger partial charge is 0.220 e. The van der Waals surface area contributed by atoms with Gasteiger partial charge in [0, 0.05) is 32.5 Å². The topological polar surface area (TPSA) is 78.4 Å². The van der Waals surface area contributed by atoms with Crippen LogP contribution in [0.5, 0.6) is 0 Å². The SMILES string of the molecule is CC(C)(CO)CC(=O)NCCNC(=O)CCc1ccccc1. The normalized spacial score (nSPS) is 11.0. The van der Waals surface area contributed by atoms with Crippen molar-refractivity contribution < 1.29 is 14.7 Å². The van der Waals surface area contributed by atoms with E-state index in [2.05, 4.69) is 10.6 Å². The Morgan fingerprint density at radius 3 is 2.23 bits per heavy atom. The molecule has 0 saturated carbocycles. The molecular weight excluding hydrogens is 280 g/mol. The largest absolute Gasteiger partial charge is 0.396 e. The third-order valence-corrected chi connectivity index (χ3v) is 3.32. The van der Waals surface area contributed by atoms with E-state index in [-0.39, 0.29) is 24.8 Å². The van der Waals surface area contributed by atoms with E-state index < -0.39 is 5.41 Å². The maximum absolute atomic E-state index is 11.7. The maximum atomic E-state index is 11.7. The van der Waals surface area contributed by atoms with Gasteiger partial charge in [-0.05, 0) is 17.4 Å². The van der Waals surface area contributed by atoms with Gasteiger partial charge in [0.25, 0.3) is 0 Å². The standard InChI is InChI=1S/C17H26N2O3/c1-17(2,13-20)12-16(22)19-11-10-18-15(21)9-8-14-6-4-3-5-7-14/h3-7,20H,8-13H2,1-2H3,(H,18,21)(H,19,22). The predicted octanol–water partition coefficient (Wildman–Crippen LogP) is 1.26. The minimum Gasteiger partial charge on any atom is -0.396 e. The molecule has 0 bridgehead atoms. The number of carbonyl (C=O) groups is 2. The van der Waals surface area contributed by atoms with E-state index in [1.165, 1.54) is 0 Å². The lowest BCUT2D eigenvalue weighted by molar-refractivity contribution is -0.124. The summed E-state index contributed by atoms with van der Waals surface area (Å²) in [4.78, 5) is 23.3. The Hall–Kier alpha value is -1.88. The van der Waals surface area contributed by atoms with Gasteiger partial charge in [-0.1, -0.05) is 44.2 Å². The van der Waals surface area contributed by atoms with E-state index in [0.29, 0.717) is 25.9 Å². The highest BCUT2D eigenvalue weighted by molar-refractivity contribution is 5.77. The molecular formula is C17H26N2O3. The molecule has 0 spiro atoms. The number of aliphatic hydroxyl groups is 1. The van der Waals surface area contributed by atoms with Crippen molar-refractivity contribution in [2.75, 3.05) is 19.7 Å². The fourth-order valence-corrected chi connectivity index (χ4v) is 1.95. The van der Waals surface area contributed by atoms with Crippen LogP contribution in [-0.4, -0.2) is 36.6 Å². The Balaban J connectivity index is 2.11. The molecule has 0 unspecified atom stereocenters. The lowest BCUT2D eigenvalue weighted by atomic mass is 9.90. The zero-order valence-electron chi connectivity index (χ0n) is 13.4. The van der Waals surface area contributed by atoms with Gasteiger partial charge in [-0.25, -0.2) is 0 Å². The lowest BCUT2D eigenvalue weighted by Crippen LogP contribution is -2.36. The molecule has 0 saturated heterocycles. The Labute approximate surface area is 132 Å². The van der Waals surface area contributed by atoms with Crippen LogP contribution in [0.2, 0.25) is 0 Å². The quantitative estimate of drug-likeness (QED) is 0.601. The first-order valence-corrected chi connectivity index (χ1v) is 7.61. The molecule has 1 aromatic carbocycles. The average Bonchev–Trinajstić information content (AvgIpc) is 2.50. The van der Waals surface area contributed by atoms with Gasteiger partial charge in [0.2, 0.25) is 11.8 Å². The summed E-state index contributed by atoms with van der Waals surface area (Å²) in [6.45, 7) is 4.45. The number of hydrogen-bond donors (Lipinski definition) is 3. The van der Waals surface area contributed by atoms with Crippen molar-refractivity contribution in [2.45, 2.75) is 33.1 Å². The maximum Gasteiger partial charge on any atom is 0.220 e. The summed E-state index contributed by atoms with van der Waals surface area (Å²) in [6.07, 6.45) is 1.42. The second kappa shape index (κ2) is 9.20. The van der Waals surface area contributed by atoms with Crippen molar-refractivity contribution in [2.24, 2.45) is 5.41 Å². The molecule has 0 fully saturated rings. The van der Waals surface area contributed by atoms with Crippen molar-refractivity contribution >= 4 is 11.8 Å². The Morgan fingerprint density at radius 2 is 1.64 bits per heavy atom. The monoisotopic (exact) mass is 306 g/mol. The van der Waals surface area contributed by atoms with Crippen molar-refractivity contribution in [3.8, 4) is 0 Å². The van der Waals surface area contributed by atoms with Gasteiger partial charge < -0.3 is 15.7 Å². The number of nitrogens with one attached hydrogen (secondary N) is 2. The van der Waals surface area contributed by atoms with E-state index in [0.717, 1.165) is 5.56 Å². The number of hydrogen-bond acceptors (Lipinski definition) is 3. The fraction of sp³-hybridized carbons (Fsp3) is 0.529. The zero-order chi connectivity index (χ0) is 16.4. The first kappa shape index (κ1) is 18.2. The van der Waals surface area contributed by atoms with Crippen LogP contribution in [0.4, 0.5) is 0 Å². The molecule has 2 amide bonds. The van der Waals surface area contributed by atoms with Crippen LogP contribution in [0.1, 0.15) is 32.3 Å². The van der Waals surface area contributed by atoms with Crippen molar-refractivity contribution in [3.63, 3.8) is 0 Å². The minimum absolute atomic E-state index is 0.0196. The molecule has 0 heterocycles. The van der Waals surface area contributed by atoms with Crippen LogP contribution in [0.3, 0.4) is 0 Å². The second-order valence-corrected chi connectivity index (χ2v) is 6.18. The summed E-state index contributed by atoms with van der Waals surface area (Å²) >= 11 is 0. The highest BCUT2D eigenvalue weighted by Gasteiger charge is 2.20. The predicted molar refractivity (Wildman–Crippen MR) is 86.3 cm³/mol. The van der Waals surface area contributed by atoms with Gasteiger partial charge in [0.1, 0.15) is 0 Å². The van der Waals surface area contributed by atoms with Gasteiger partial charge in [-0.2, -0.15) is 0 Å². The van der Waals surface area contributed by atoms with Crippen molar-refractivity contribution in [1.82, 2.24) is 10.6 Å². The van der Waals surface area contributed by atoms with Gasteiger partial charge in [-0.15, -0.1) is 0 Å². The molecule has 5 heteroatoms. The highest BCUT2D eigenvalue weighted by Crippen LogP contribution is 2.18. The van der Waals surface area contributed by atoms with Crippen LogP contribution in [0, 0.1) is 5.41 Å². The molecule has 0 aliphatic carbocycles. The lowest BCUT2D eigenvalue weighted by Gasteiger charge is -2.20. The fourth-order valence-electron chi connectivity index (χ4n) is 1.95. The van der Waals surface area contributed by atoms with E-state index in [9.17, 15) is 9.59 Å². The third-order valence-electron chi connectivity index (χ3n) is 3.32. The van der Waals surface area contributed by atoms with Crippen molar-refractivity contribution in [1.29, 1.82) is 0 Å². The summed E-state index contributed by atoms with van der Waals surface area (Å²) in [7, 11) is 0. The van der Waals surface area contributed by atoms with E-state index in [4.69, 9.17) is 5.11 Å². The Kier molecular flexibility index (Phi) is 7.60. The highest BCUT2D eigenvalue weighted by atomic mass is 16.3. The molecule has 22 heavy (non-hydrogen) atoms. The van der Waals surface area contributed by atoms with Gasteiger partial charge in [-0.3, -0.25) is 9.59 Å². The summed E-state index contributed by atoms with van der Waals surface area (Å²) in [5, 5.41) is 14.6. The summed E-state index contributed by atoms with van der Waals surface area (Å²) in [5.74, 6) is -0.133. The summed E-state index contributed by atoms with van der Waals surface area (Å²) in [5.41, 5.74) is 0.723. The third kappa shape index (κ3) is 7.78. The van der Waals surface area contributed by atoms with Gasteiger partial charge in [0.15, 0.2) is 0 Å². The molecule has 0 aromatic heterocycles. The van der Waals surface area contributed by atoms with E-state index >= 15 is 0 Å². The van der Waals surface area contributed by atoms with Crippen LogP contribution in [0.25, 0.3) is 0 Å². The molecule has 122 valence electrons. The summed E-state index contributed by atoms with van der Waals surface area (Å²) in [6, 6.07) is 9.85. The number of benzene rings is 1. The number of amides is 2. The first-order chi connectivity index (χ1) is 10.4. The van der Waals surface area contributed by atoms with Gasteiger partial charge >= 0.3 is 0 Å². The molecule has 1 aromatic rings.